The molecular formula is C15H21F2NO2. The summed E-state index contributed by atoms with van der Waals surface area (Å²) in [6.07, 6.45) is 2.59. The largest absolute Gasteiger partial charge is 0.481 e. The molecule has 2 atom stereocenters. The van der Waals surface area contributed by atoms with Gasteiger partial charge in [0.15, 0.2) is 0 Å². The van der Waals surface area contributed by atoms with E-state index in [-0.39, 0.29) is 24.2 Å². The Hall–Kier alpha value is -1.49. The average molecular weight is 285 g/mol. The van der Waals surface area contributed by atoms with Gasteiger partial charge in [-0.3, -0.25) is 4.79 Å². The Kier molecular flexibility index (Phi) is 6.58. The molecule has 0 heterocycles. The number of carboxylic acids is 1. The van der Waals surface area contributed by atoms with Crippen molar-refractivity contribution < 1.29 is 18.7 Å². The van der Waals surface area contributed by atoms with Crippen LogP contribution in [0, 0.1) is 17.6 Å². The molecule has 0 saturated heterocycles. The quantitative estimate of drug-likeness (QED) is 0.771. The maximum absolute atomic E-state index is 13.4. The second-order valence-electron chi connectivity index (χ2n) is 5.33. The minimum Gasteiger partial charge on any atom is -0.481 e. The van der Waals surface area contributed by atoms with Gasteiger partial charge in [-0.25, -0.2) is 8.78 Å². The fraction of sp³-hybridized carbons (Fsp3) is 0.533. The van der Waals surface area contributed by atoms with E-state index in [2.05, 4.69) is 0 Å². The van der Waals surface area contributed by atoms with Crippen LogP contribution in [0.4, 0.5) is 8.78 Å². The van der Waals surface area contributed by atoms with Crippen LogP contribution in [-0.4, -0.2) is 17.1 Å². The number of aryl methyl sites for hydroxylation is 1. The molecule has 3 nitrogen and oxygen atoms in total. The molecule has 20 heavy (non-hydrogen) atoms. The Morgan fingerprint density at radius 3 is 2.75 bits per heavy atom. The fourth-order valence-corrected chi connectivity index (χ4v) is 2.32. The molecule has 0 unspecified atom stereocenters. The van der Waals surface area contributed by atoms with Crippen LogP contribution in [0.3, 0.4) is 0 Å². The minimum absolute atomic E-state index is 0.0388. The van der Waals surface area contributed by atoms with Crippen molar-refractivity contribution in [2.24, 2.45) is 11.7 Å². The number of aliphatic carboxylic acids is 1. The van der Waals surface area contributed by atoms with Gasteiger partial charge in [0.1, 0.15) is 11.6 Å². The van der Waals surface area contributed by atoms with Crippen LogP contribution in [0.25, 0.3) is 0 Å². The Labute approximate surface area is 117 Å². The molecule has 0 radical (unpaired) electrons. The van der Waals surface area contributed by atoms with Gasteiger partial charge in [0, 0.05) is 6.04 Å². The number of nitrogens with two attached hydrogens (primary N) is 1. The van der Waals surface area contributed by atoms with Gasteiger partial charge in [-0.1, -0.05) is 13.3 Å². The van der Waals surface area contributed by atoms with Crippen molar-refractivity contribution in [3.63, 3.8) is 0 Å². The van der Waals surface area contributed by atoms with Crippen molar-refractivity contribution in [2.75, 3.05) is 0 Å². The second kappa shape index (κ2) is 7.94. The molecular weight excluding hydrogens is 264 g/mol. The molecule has 5 heteroatoms. The molecule has 0 aliphatic carbocycles. The van der Waals surface area contributed by atoms with E-state index >= 15 is 0 Å². The van der Waals surface area contributed by atoms with Gasteiger partial charge in [-0.15, -0.1) is 0 Å². The topological polar surface area (TPSA) is 63.3 Å². The summed E-state index contributed by atoms with van der Waals surface area (Å²) in [6, 6.07) is 3.10. The van der Waals surface area contributed by atoms with Crippen molar-refractivity contribution in [2.45, 2.75) is 45.1 Å². The SMILES string of the molecule is C[C@@H](CCCc1cc(F)ccc1F)C[C@H](N)CC(=O)O. The first kappa shape index (κ1) is 16.6. The summed E-state index contributed by atoms with van der Waals surface area (Å²) in [6.45, 7) is 1.99. The molecule has 3 N–H and O–H groups in total. The molecule has 1 aromatic carbocycles. The monoisotopic (exact) mass is 285 g/mol. The predicted octanol–water partition coefficient (Wildman–Crippen LogP) is 3.12. The zero-order valence-corrected chi connectivity index (χ0v) is 11.6. The van der Waals surface area contributed by atoms with Gasteiger partial charge in [0.25, 0.3) is 0 Å². The maximum atomic E-state index is 13.4. The molecule has 0 fully saturated rings. The highest BCUT2D eigenvalue weighted by molar-refractivity contribution is 5.67. The molecule has 0 aromatic heterocycles. The molecule has 0 bridgehead atoms. The second-order valence-corrected chi connectivity index (χ2v) is 5.33. The standard InChI is InChI=1S/C15H21F2NO2/c1-10(7-13(18)9-15(19)20)3-2-4-11-8-12(16)5-6-14(11)17/h5-6,8,10,13H,2-4,7,9,18H2,1H3,(H,19,20)/t10-,13-/m0/s1. The maximum Gasteiger partial charge on any atom is 0.304 e. The Bertz CT molecular complexity index is 451. The summed E-state index contributed by atoms with van der Waals surface area (Å²) in [5.41, 5.74) is 6.09. The van der Waals surface area contributed by atoms with E-state index in [1.54, 1.807) is 0 Å². The fourth-order valence-electron chi connectivity index (χ4n) is 2.32. The van der Waals surface area contributed by atoms with Gasteiger partial charge in [-0.2, -0.15) is 0 Å². The van der Waals surface area contributed by atoms with Crippen LogP contribution in [0.1, 0.15) is 38.2 Å². The molecule has 1 rings (SSSR count). The number of halogens is 2. The number of hydrogen-bond acceptors (Lipinski definition) is 2. The van der Waals surface area contributed by atoms with E-state index in [0.29, 0.717) is 18.4 Å². The molecule has 112 valence electrons. The predicted molar refractivity (Wildman–Crippen MR) is 73.3 cm³/mol. The molecule has 0 aliphatic heterocycles. The van der Waals surface area contributed by atoms with Gasteiger partial charge in [-0.05, 0) is 48.9 Å². The summed E-state index contributed by atoms with van der Waals surface area (Å²) in [4.78, 5) is 10.5. The normalized spacial score (nSPS) is 14.0. The van der Waals surface area contributed by atoms with Crippen LogP contribution in [0.2, 0.25) is 0 Å². The third-order valence-electron chi connectivity index (χ3n) is 3.29. The first-order valence-electron chi connectivity index (χ1n) is 6.79. The third-order valence-corrected chi connectivity index (χ3v) is 3.29. The third kappa shape index (κ3) is 6.10. The Morgan fingerprint density at radius 1 is 1.40 bits per heavy atom. The van der Waals surface area contributed by atoms with Gasteiger partial charge in [0.05, 0.1) is 6.42 Å². The summed E-state index contributed by atoms with van der Waals surface area (Å²) in [5, 5.41) is 8.62. The minimum atomic E-state index is -0.897. The Morgan fingerprint density at radius 2 is 2.10 bits per heavy atom. The van der Waals surface area contributed by atoms with E-state index < -0.39 is 11.8 Å². The van der Waals surface area contributed by atoms with Crippen molar-refractivity contribution in [3.05, 3.63) is 35.4 Å². The van der Waals surface area contributed by atoms with Crippen LogP contribution in [0.5, 0.6) is 0 Å². The number of hydrogen-bond donors (Lipinski definition) is 2. The highest BCUT2D eigenvalue weighted by Crippen LogP contribution is 2.18. The summed E-state index contributed by atoms with van der Waals surface area (Å²) in [7, 11) is 0. The van der Waals surface area contributed by atoms with E-state index in [1.807, 2.05) is 6.92 Å². The van der Waals surface area contributed by atoms with Crippen molar-refractivity contribution in [1.29, 1.82) is 0 Å². The smallest absolute Gasteiger partial charge is 0.304 e. The average Bonchev–Trinajstić information content (AvgIpc) is 2.32. The lowest BCUT2D eigenvalue weighted by Gasteiger charge is -2.15. The Balaban J connectivity index is 2.33. The number of benzene rings is 1. The lowest BCUT2D eigenvalue weighted by molar-refractivity contribution is -0.137. The van der Waals surface area contributed by atoms with E-state index in [4.69, 9.17) is 10.8 Å². The van der Waals surface area contributed by atoms with E-state index in [0.717, 1.165) is 25.0 Å². The number of carboxylic acid groups (broad SMARTS) is 1. The molecule has 0 saturated carbocycles. The number of carbonyl (C=O) groups is 1. The van der Waals surface area contributed by atoms with Crippen LogP contribution in [-0.2, 0) is 11.2 Å². The van der Waals surface area contributed by atoms with E-state index in [9.17, 15) is 13.6 Å². The summed E-state index contributed by atoms with van der Waals surface area (Å²) in [5.74, 6) is -1.45. The van der Waals surface area contributed by atoms with Crippen LogP contribution < -0.4 is 5.73 Å². The van der Waals surface area contributed by atoms with Gasteiger partial charge in [0.2, 0.25) is 0 Å². The molecule has 1 aromatic rings. The molecule has 0 aliphatic rings. The summed E-state index contributed by atoms with van der Waals surface area (Å²) >= 11 is 0. The first-order valence-corrected chi connectivity index (χ1v) is 6.79. The zero-order valence-electron chi connectivity index (χ0n) is 11.6. The van der Waals surface area contributed by atoms with Crippen molar-refractivity contribution in [3.8, 4) is 0 Å². The lowest BCUT2D eigenvalue weighted by Crippen LogP contribution is -2.26. The summed E-state index contributed by atoms with van der Waals surface area (Å²) < 4.78 is 26.4. The van der Waals surface area contributed by atoms with Crippen molar-refractivity contribution >= 4 is 5.97 Å². The molecule has 0 amide bonds. The zero-order chi connectivity index (χ0) is 15.1. The van der Waals surface area contributed by atoms with Crippen molar-refractivity contribution in [1.82, 2.24) is 0 Å². The molecule has 0 spiro atoms. The highest BCUT2D eigenvalue weighted by atomic mass is 19.1. The van der Waals surface area contributed by atoms with E-state index in [1.165, 1.54) is 6.07 Å². The first-order chi connectivity index (χ1) is 9.38. The van der Waals surface area contributed by atoms with Crippen LogP contribution >= 0.6 is 0 Å². The van der Waals surface area contributed by atoms with Crippen LogP contribution in [0.15, 0.2) is 18.2 Å². The number of rotatable bonds is 8. The highest BCUT2D eigenvalue weighted by Gasteiger charge is 2.13. The lowest BCUT2D eigenvalue weighted by atomic mass is 9.94. The van der Waals surface area contributed by atoms with Gasteiger partial charge >= 0.3 is 5.97 Å². The van der Waals surface area contributed by atoms with Gasteiger partial charge < -0.3 is 10.8 Å².